The topological polar surface area (TPSA) is 93.4 Å². The van der Waals surface area contributed by atoms with Gasteiger partial charge in [-0.2, -0.15) is 0 Å². The number of nitrogens with zero attached hydrogens (tertiary/aromatic N) is 5. The maximum atomic E-state index is 13.8. The zero-order valence-corrected chi connectivity index (χ0v) is 20.9. The smallest absolute Gasteiger partial charge is 0.180 e. The molecule has 1 fully saturated rings. The minimum Gasteiger partial charge on any atom is -0.494 e. The molecule has 5 rings (SSSR count). The van der Waals surface area contributed by atoms with Crippen LogP contribution in [0.5, 0.6) is 5.75 Å². The van der Waals surface area contributed by atoms with Gasteiger partial charge in [-0.3, -0.25) is 4.79 Å². The number of piperidine rings is 1. The fraction of sp³-hybridized carbons (Fsp3) is 0.379. The number of aliphatic hydroxyl groups excluding tert-OH is 1. The number of likely N-dealkylation sites (tertiary alicyclic amines) is 1. The molecule has 2 aliphatic rings. The van der Waals surface area contributed by atoms with E-state index in [1.54, 1.807) is 16.8 Å². The number of carbonyl (C=O) groups is 1. The highest BCUT2D eigenvalue weighted by molar-refractivity contribution is 5.97. The van der Waals surface area contributed by atoms with E-state index in [4.69, 9.17) is 4.74 Å². The molecule has 0 spiro atoms. The van der Waals surface area contributed by atoms with Gasteiger partial charge in [0.15, 0.2) is 5.78 Å². The second-order valence-corrected chi connectivity index (χ2v) is 9.70. The Kier molecular flexibility index (Phi) is 7.87. The monoisotopic (exact) mass is 499 g/mol. The first-order chi connectivity index (χ1) is 18.2. The number of Topliss-reactive ketones (excluding diaryl/α,β-unsaturated/α-hetero) is 1. The minimum absolute atomic E-state index is 0.280. The highest BCUT2D eigenvalue weighted by atomic mass is 16.5. The first kappa shape index (κ1) is 25.0. The molecule has 192 valence electrons. The predicted octanol–water partition coefficient (Wildman–Crippen LogP) is 3.97. The van der Waals surface area contributed by atoms with Crippen LogP contribution >= 0.6 is 0 Å². The van der Waals surface area contributed by atoms with Crippen LogP contribution < -0.4 is 4.74 Å². The number of allylic oxidation sites excluding steroid dienone is 4. The molecule has 1 saturated heterocycles. The standard InChI is InChI=1S/C29H33N5O3/c35-27(23-8-3-1-4-9-23)28(36)29(16-14-25(15-17-29)34-22-30-31-32-34)24-10-12-26(13-11-24)37-21-7-20-33-18-5-2-6-19-33/h1,3-4,8-16,22,27,35H,2,5-7,17-21H2. The van der Waals surface area contributed by atoms with E-state index in [1.165, 1.54) is 38.7 Å². The van der Waals surface area contributed by atoms with E-state index in [9.17, 15) is 9.90 Å². The van der Waals surface area contributed by atoms with Crippen molar-refractivity contribution in [2.75, 3.05) is 26.2 Å². The van der Waals surface area contributed by atoms with E-state index >= 15 is 0 Å². The highest BCUT2D eigenvalue weighted by Gasteiger charge is 2.42. The van der Waals surface area contributed by atoms with Crippen LogP contribution in [0.4, 0.5) is 0 Å². The summed E-state index contributed by atoms with van der Waals surface area (Å²) in [5.74, 6) is 0.496. The number of aromatic nitrogens is 4. The number of tetrazole rings is 1. The molecule has 8 heteroatoms. The Hall–Kier alpha value is -3.62. The number of benzene rings is 2. The summed E-state index contributed by atoms with van der Waals surface area (Å²) in [7, 11) is 0. The number of ether oxygens (including phenoxy) is 1. The molecule has 2 atom stereocenters. The van der Waals surface area contributed by atoms with E-state index in [2.05, 4.69) is 20.4 Å². The van der Waals surface area contributed by atoms with Gasteiger partial charge in [-0.15, -0.1) is 5.10 Å². The first-order valence-electron chi connectivity index (χ1n) is 13.0. The summed E-state index contributed by atoms with van der Waals surface area (Å²) >= 11 is 0. The SMILES string of the molecule is O=C(C(O)c1ccccc1)C1(c2ccc(OCCCN3CCCCC3)cc2)C=CC(n2cnnn2)=CC1. The maximum absolute atomic E-state index is 13.8. The lowest BCUT2D eigenvalue weighted by molar-refractivity contribution is -0.131. The van der Waals surface area contributed by atoms with Gasteiger partial charge >= 0.3 is 0 Å². The summed E-state index contributed by atoms with van der Waals surface area (Å²) in [6.07, 6.45) is 11.2. The van der Waals surface area contributed by atoms with Gasteiger partial charge in [0.25, 0.3) is 0 Å². The molecule has 37 heavy (non-hydrogen) atoms. The highest BCUT2D eigenvalue weighted by Crippen LogP contribution is 2.40. The van der Waals surface area contributed by atoms with Crippen molar-refractivity contribution < 1.29 is 14.6 Å². The molecule has 0 amide bonds. The van der Waals surface area contributed by atoms with Crippen LogP contribution in [0.2, 0.25) is 0 Å². The number of ketones is 1. The molecule has 0 radical (unpaired) electrons. The van der Waals surface area contributed by atoms with E-state index in [0.29, 0.717) is 18.6 Å². The first-order valence-corrected chi connectivity index (χ1v) is 13.0. The second-order valence-electron chi connectivity index (χ2n) is 9.70. The fourth-order valence-corrected chi connectivity index (χ4v) is 5.16. The number of carbonyl (C=O) groups excluding carboxylic acids is 1. The lowest BCUT2D eigenvalue weighted by Gasteiger charge is -2.33. The second kappa shape index (κ2) is 11.6. The van der Waals surface area contributed by atoms with Crippen LogP contribution in [0.1, 0.15) is 49.3 Å². The lowest BCUT2D eigenvalue weighted by atomic mass is 9.69. The summed E-state index contributed by atoms with van der Waals surface area (Å²) in [6, 6.07) is 16.7. The largest absolute Gasteiger partial charge is 0.494 e. The molecule has 0 saturated carbocycles. The zero-order chi connectivity index (χ0) is 25.5. The van der Waals surface area contributed by atoms with E-state index in [1.807, 2.05) is 60.7 Å². The third-order valence-corrected chi connectivity index (χ3v) is 7.29. The molecule has 1 aliphatic heterocycles. The molecule has 8 nitrogen and oxygen atoms in total. The van der Waals surface area contributed by atoms with Gasteiger partial charge in [0.05, 0.1) is 17.7 Å². The van der Waals surface area contributed by atoms with Crippen LogP contribution in [0.15, 0.2) is 79.2 Å². The Labute approximate surface area is 217 Å². The molecule has 1 N–H and O–H groups in total. The maximum Gasteiger partial charge on any atom is 0.180 e. The average Bonchev–Trinajstić information content (AvgIpc) is 3.51. The molecule has 1 aromatic heterocycles. The number of aliphatic hydroxyl groups is 1. The summed E-state index contributed by atoms with van der Waals surface area (Å²) in [5.41, 5.74) is 1.12. The number of hydrogen-bond donors (Lipinski definition) is 1. The van der Waals surface area contributed by atoms with Crippen LogP contribution in [-0.4, -0.2) is 62.2 Å². The van der Waals surface area contributed by atoms with Crippen LogP contribution in [0.25, 0.3) is 5.70 Å². The van der Waals surface area contributed by atoms with E-state index < -0.39 is 11.5 Å². The summed E-state index contributed by atoms with van der Waals surface area (Å²) < 4.78 is 7.55. The molecule has 2 aromatic carbocycles. The van der Waals surface area contributed by atoms with Crippen molar-refractivity contribution in [1.29, 1.82) is 0 Å². The van der Waals surface area contributed by atoms with Gasteiger partial charge in [-0.05, 0) is 78.5 Å². The number of hydrogen-bond acceptors (Lipinski definition) is 7. The Morgan fingerprint density at radius 3 is 2.51 bits per heavy atom. The van der Waals surface area contributed by atoms with Crippen molar-refractivity contribution in [2.24, 2.45) is 0 Å². The Bertz CT molecular complexity index is 1220. The quantitative estimate of drug-likeness (QED) is 0.422. The Morgan fingerprint density at radius 1 is 1.05 bits per heavy atom. The van der Waals surface area contributed by atoms with Gasteiger partial charge in [-0.1, -0.05) is 61.0 Å². The summed E-state index contributed by atoms with van der Waals surface area (Å²) in [5, 5.41) is 22.4. The average molecular weight is 500 g/mol. The van der Waals surface area contributed by atoms with Crippen LogP contribution in [-0.2, 0) is 10.2 Å². The summed E-state index contributed by atoms with van der Waals surface area (Å²) in [4.78, 5) is 16.4. The molecule has 2 unspecified atom stereocenters. The van der Waals surface area contributed by atoms with Crippen molar-refractivity contribution in [1.82, 2.24) is 25.1 Å². The minimum atomic E-state index is -1.25. The lowest BCUT2D eigenvalue weighted by Crippen LogP contribution is -2.38. The molecule has 1 aliphatic carbocycles. The van der Waals surface area contributed by atoms with Crippen molar-refractivity contribution in [2.45, 2.75) is 43.6 Å². The number of rotatable bonds is 10. The zero-order valence-electron chi connectivity index (χ0n) is 20.9. The Morgan fingerprint density at radius 2 is 1.84 bits per heavy atom. The van der Waals surface area contributed by atoms with Crippen LogP contribution in [0, 0.1) is 0 Å². The van der Waals surface area contributed by atoms with Gasteiger partial charge in [-0.25, -0.2) is 4.68 Å². The predicted molar refractivity (Wildman–Crippen MR) is 141 cm³/mol. The van der Waals surface area contributed by atoms with Crippen LogP contribution in [0.3, 0.4) is 0 Å². The van der Waals surface area contributed by atoms with Crippen molar-refractivity contribution in [3.8, 4) is 5.75 Å². The van der Waals surface area contributed by atoms with Gasteiger partial charge in [0.2, 0.25) is 0 Å². The third-order valence-electron chi connectivity index (χ3n) is 7.29. The molecular weight excluding hydrogens is 466 g/mol. The normalized spacial score (nSPS) is 20.8. The Balaban J connectivity index is 1.32. The molecule has 3 aromatic rings. The van der Waals surface area contributed by atoms with Crippen molar-refractivity contribution >= 4 is 11.5 Å². The van der Waals surface area contributed by atoms with E-state index in [0.717, 1.165) is 30.0 Å². The van der Waals surface area contributed by atoms with Crippen molar-refractivity contribution in [3.63, 3.8) is 0 Å². The molecular formula is C29H33N5O3. The summed E-state index contributed by atoms with van der Waals surface area (Å²) in [6.45, 7) is 4.10. The van der Waals surface area contributed by atoms with Gasteiger partial charge < -0.3 is 14.7 Å². The van der Waals surface area contributed by atoms with Gasteiger partial charge in [0.1, 0.15) is 18.2 Å². The fourth-order valence-electron chi connectivity index (χ4n) is 5.16. The van der Waals surface area contributed by atoms with Gasteiger partial charge in [0, 0.05) is 6.54 Å². The molecule has 2 heterocycles. The van der Waals surface area contributed by atoms with Crippen molar-refractivity contribution in [3.05, 3.63) is 90.3 Å². The molecule has 0 bridgehead atoms. The third kappa shape index (κ3) is 5.70. The van der Waals surface area contributed by atoms with E-state index in [-0.39, 0.29) is 5.78 Å².